The van der Waals surface area contributed by atoms with Crippen LogP contribution in [0.15, 0.2) is 48.8 Å². The molecule has 0 radical (unpaired) electrons. The number of rotatable bonds is 3. The quantitative estimate of drug-likeness (QED) is 0.872. The van der Waals surface area contributed by atoms with Crippen molar-refractivity contribution in [3.63, 3.8) is 0 Å². The Morgan fingerprint density at radius 2 is 2.04 bits per heavy atom. The number of ether oxygens (including phenoxy) is 1. The first-order valence-corrected chi connectivity index (χ1v) is 8.06. The van der Waals surface area contributed by atoms with Crippen LogP contribution in [0.2, 0.25) is 0 Å². The first kappa shape index (κ1) is 15.7. The minimum atomic E-state index is -0.0643. The first-order valence-electron chi connectivity index (χ1n) is 8.06. The third kappa shape index (κ3) is 3.59. The fourth-order valence-corrected chi connectivity index (χ4v) is 2.80. The summed E-state index contributed by atoms with van der Waals surface area (Å²) in [5, 5.41) is 0. The van der Waals surface area contributed by atoms with E-state index in [1.807, 2.05) is 4.90 Å². The summed E-state index contributed by atoms with van der Waals surface area (Å²) in [6.07, 6.45) is 3.23. The highest BCUT2D eigenvalue weighted by Crippen LogP contribution is 2.25. The zero-order chi connectivity index (χ0) is 16.2. The molecule has 1 unspecified atom stereocenters. The predicted molar refractivity (Wildman–Crippen MR) is 89.4 cm³/mol. The summed E-state index contributed by atoms with van der Waals surface area (Å²) in [5.74, 6) is 0.533. The van der Waals surface area contributed by atoms with E-state index >= 15 is 0 Å². The molecule has 0 N–H and O–H groups in total. The first-order chi connectivity index (χ1) is 11.1. The van der Waals surface area contributed by atoms with Crippen molar-refractivity contribution in [3.05, 3.63) is 65.5 Å². The van der Waals surface area contributed by atoms with Crippen molar-refractivity contribution < 1.29 is 9.53 Å². The van der Waals surface area contributed by atoms with E-state index in [4.69, 9.17) is 4.74 Å². The Morgan fingerprint density at radius 1 is 1.26 bits per heavy atom. The number of amides is 1. The van der Waals surface area contributed by atoms with Crippen LogP contribution in [0.3, 0.4) is 0 Å². The number of hydrogen-bond donors (Lipinski definition) is 0. The van der Waals surface area contributed by atoms with Gasteiger partial charge in [0.1, 0.15) is 6.10 Å². The van der Waals surface area contributed by atoms with E-state index in [0.717, 1.165) is 5.56 Å². The van der Waals surface area contributed by atoms with Crippen molar-refractivity contribution in [2.75, 3.05) is 19.7 Å². The molecule has 1 saturated heterocycles. The van der Waals surface area contributed by atoms with Crippen molar-refractivity contribution in [2.24, 2.45) is 0 Å². The van der Waals surface area contributed by atoms with Gasteiger partial charge in [-0.25, -0.2) is 0 Å². The summed E-state index contributed by atoms with van der Waals surface area (Å²) in [5.41, 5.74) is 3.06. The zero-order valence-electron chi connectivity index (χ0n) is 13.6. The van der Waals surface area contributed by atoms with Crippen LogP contribution in [-0.2, 0) is 4.74 Å². The maximum Gasteiger partial charge on any atom is 0.255 e. The number of carbonyl (C=O) groups excluding carboxylic acids is 1. The van der Waals surface area contributed by atoms with Crippen LogP contribution in [0, 0.1) is 0 Å². The molecule has 2 aromatic rings. The second-order valence-corrected chi connectivity index (χ2v) is 6.17. The molecule has 0 bridgehead atoms. The van der Waals surface area contributed by atoms with Crippen molar-refractivity contribution in [2.45, 2.75) is 25.9 Å². The Balaban J connectivity index is 1.72. The largest absolute Gasteiger partial charge is 0.370 e. The summed E-state index contributed by atoms with van der Waals surface area (Å²) in [7, 11) is 0. The van der Waals surface area contributed by atoms with Crippen LogP contribution in [0.1, 0.15) is 47.4 Å². The molecule has 120 valence electrons. The van der Waals surface area contributed by atoms with E-state index in [1.165, 1.54) is 5.56 Å². The van der Waals surface area contributed by atoms with E-state index in [0.29, 0.717) is 31.2 Å². The number of carbonyl (C=O) groups is 1. The molecule has 1 atom stereocenters. The molecule has 4 heteroatoms. The average molecular weight is 310 g/mol. The summed E-state index contributed by atoms with van der Waals surface area (Å²) in [6, 6.07) is 12.1. The molecule has 1 aliphatic heterocycles. The second-order valence-electron chi connectivity index (χ2n) is 6.17. The molecule has 4 nitrogen and oxygen atoms in total. The molecule has 1 aromatic carbocycles. The van der Waals surface area contributed by atoms with Gasteiger partial charge >= 0.3 is 0 Å². The third-order valence-corrected chi connectivity index (χ3v) is 4.24. The zero-order valence-corrected chi connectivity index (χ0v) is 13.6. The molecule has 1 aromatic heterocycles. The van der Waals surface area contributed by atoms with E-state index in [9.17, 15) is 4.79 Å². The number of hydrogen-bond acceptors (Lipinski definition) is 3. The van der Waals surface area contributed by atoms with Crippen molar-refractivity contribution in [1.29, 1.82) is 0 Å². The standard InChI is InChI=1S/C19H22N2O2/c1-14(2)15-5-7-16(8-6-15)18-13-21(10-11-23-18)19(22)17-4-3-9-20-12-17/h3-9,12,14,18H,10-11,13H2,1-2H3. The summed E-state index contributed by atoms with van der Waals surface area (Å²) < 4.78 is 5.87. The van der Waals surface area contributed by atoms with Gasteiger partial charge in [0, 0.05) is 18.9 Å². The lowest BCUT2D eigenvalue weighted by atomic mass is 9.99. The number of benzene rings is 1. The minimum absolute atomic E-state index is 0.0187. The summed E-state index contributed by atoms with van der Waals surface area (Å²) in [4.78, 5) is 18.4. The van der Waals surface area contributed by atoms with Crippen molar-refractivity contribution >= 4 is 5.91 Å². The van der Waals surface area contributed by atoms with Crippen LogP contribution in [0.4, 0.5) is 0 Å². The molecule has 23 heavy (non-hydrogen) atoms. The van der Waals surface area contributed by atoms with Gasteiger partial charge < -0.3 is 9.64 Å². The highest BCUT2D eigenvalue weighted by Gasteiger charge is 2.26. The molecule has 1 amide bonds. The molecular formula is C19H22N2O2. The SMILES string of the molecule is CC(C)c1ccc(C2CN(C(=O)c3cccnc3)CCO2)cc1. The fourth-order valence-electron chi connectivity index (χ4n) is 2.80. The topological polar surface area (TPSA) is 42.4 Å². The van der Waals surface area contributed by atoms with Crippen LogP contribution >= 0.6 is 0 Å². The van der Waals surface area contributed by atoms with Crippen LogP contribution in [0.25, 0.3) is 0 Å². The van der Waals surface area contributed by atoms with Gasteiger partial charge in [-0.15, -0.1) is 0 Å². The number of morpholine rings is 1. The van der Waals surface area contributed by atoms with Gasteiger partial charge in [-0.3, -0.25) is 9.78 Å². The Labute approximate surface area is 137 Å². The van der Waals surface area contributed by atoms with Crippen LogP contribution in [-0.4, -0.2) is 35.5 Å². The normalized spacial score (nSPS) is 18.2. The number of pyridine rings is 1. The van der Waals surface area contributed by atoms with Gasteiger partial charge in [0.05, 0.1) is 18.7 Å². The molecule has 2 heterocycles. The van der Waals surface area contributed by atoms with Gasteiger partial charge in [0.15, 0.2) is 0 Å². The molecule has 0 saturated carbocycles. The smallest absolute Gasteiger partial charge is 0.255 e. The predicted octanol–water partition coefficient (Wildman–Crippen LogP) is 3.42. The van der Waals surface area contributed by atoms with E-state index in [1.54, 1.807) is 24.5 Å². The van der Waals surface area contributed by atoms with E-state index < -0.39 is 0 Å². The number of nitrogens with zero attached hydrogens (tertiary/aromatic N) is 2. The Hall–Kier alpha value is -2.20. The highest BCUT2D eigenvalue weighted by atomic mass is 16.5. The molecule has 1 fully saturated rings. The van der Waals surface area contributed by atoms with Gasteiger partial charge in [-0.1, -0.05) is 38.1 Å². The fraction of sp³-hybridized carbons (Fsp3) is 0.368. The lowest BCUT2D eigenvalue weighted by Crippen LogP contribution is -2.42. The Bertz CT molecular complexity index is 653. The number of aromatic nitrogens is 1. The van der Waals surface area contributed by atoms with Crippen LogP contribution in [0.5, 0.6) is 0 Å². The van der Waals surface area contributed by atoms with Gasteiger partial charge in [-0.05, 0) is 29.2 Å². The second kappa shape index (κ2) is 6.92. The Morgan fingerprint density at radius 3 is 2.70 bits per heavy atom. The molecule has 0 spiro atoms. The molecular weight excluding hydrogens is 288 g/mol. The van der Waals surface area contributed by atoms with Crippen molar-refractivity contribution in [1.82, 2.24) is 9.88 Å². The monoisotopic (exact) mass is 310 g/mol. The lowest BCUT2D eigenvalue weighted by Gasteiger charge is -2.33. The van der Waals surface area contributed by atoms with Gasteiger partial charge in [0.25, 0.3) is 5.91 Å². The maximum atomic E-state index is 12.6. The lowest BCUT2D eigenvalue weighted by molar-refractivity contribution is -0.0228. The summed E-state index contributed by atoms with van der Waals surface area (Å²) in [6.45, 7) is 6.12. The molecule has 3 rings (SSSR count). The van der Waals surface area contributed by atoms with Gasteiger partial charge in [-0.2, -0.15) is 0 Å². The molecule has 0 aliphatic carbocycles. The molecule has 1 aliphatic rings. The van der Waals surface area contributed by atoms with Crippen LogP contribution < -0.4 is 0 Å². The maximum absolute atomic E-state index is 12.6. The van der Waals surface area contributed by atoms with E-state index in [-0.39, 0.29) is 12.0 Å². The van der Waals surface area contributed by atoms with Gasteiger partial charge in [0.2, 0.25) is 0 Å². The van der Waals surface area contributed by atoms with Crippen molar-refractivity contribution in [3.8, 4) is 0 Å². The minimum Gasteiger partial charge on any atom is -0.370 e. The summed E-state index contributed by atoms with van der Waals surface area (Å²) >= 11 is 0. The average Bonchev–Trinajstić information content (AvgIpc) is 2.62. The third-order valence-electron chi connectivity index (χ3n) is 4.24. The van der Waals surface area contributed by atoms with E-state index in [2.05, 4.69) is 43.1 Å². The highest BCUT2D eigenvalue weighted by molar-refractivity contribution is 5.93. The Kier molecular flexibility index (Phi) is 4.72.